The van der Waals surface area contributed by atoms with Crippen molar-refractivity contribution < 1.29 is 17.9 Å². The number of carbonyl (C=O) groups is 1. The van der Waals surface area contributed by atoms with E-state index in [-0.39, 0.29) is 40.9 Å². The molecule has 1 aliphatic heterocycles. The van der Waals surface area contributed by atoms with Gasteiger partial charge in [-0.1, -0.05) is 62.0 Å². The molecule has 0 radical (unpaired) electrons. The third kappa shape index (κ3) is 6.08. The molecule has 1 aliphatic rings. The molecule has 41 heavy (non-hydrogen) atoms. The quantitative estimate of drug-likeness (QED) is 0.236. The van der Waals surface area contributed by atoms with Crippen LogP contribution >= 0.6 is 11.8 Å². The predicted molar refractivity (Wildman–Crippen MR) is 162 cm³/mol. The topological polar surface area (TPSA) is 111 Å². The van der Waals surface area contributed by atoms with Crippen LogP contribution in [0.2, 0.25) is 0 Å². The normalized spacial score (nSPS) is 14.4. The Hall–Kier alpha value is -3.51. The number of aryl methyl sites for hydroxylation is 1. The molecule has 1 amide bonds. The SMILES string of the molecule is Cc1ccc(NC(=O)CSc2nc3ccccc3c(=O)n2-c2ccccc2C(C)C)c(S(=O)(=O)N2CCOCC2)c1. The van der Waals surface area contributed by atoms with Crippen molar-refractivity contribution in [2.75, 3.05) is 37.4 Å². The highest BCUT2D eigenvalue weighted by atomic mass is 32.2. The fourth-order valence-corrected chi connectivity index (χ4v) is 7.24. The van der Waals surface area contributed by atoms with Crippen LogP contribution in [0.5, 0.6) is 0 Å². The number of ether oxygens (including phenoxy) is 1. The fourth-order valence-electron chi connectivity index (χ4n) is 4.79. The summed E-state index contributed by atoms with van der Waals surface area (Å²) < 4.78 is 35.1. The van der Waals surface area contributed by atoms with Crippen LogP contribution in [0.15, 0.2) is 81.6 Å². The van der Waals surface area contributed by atoms with Gasteiger partial charge in [-0.05, 0) is 54.3 Å². The van der Waals surface area contributed by atoms with Crippen LogP contribution in [0, 0.1) is 6.92 Å². The lowest BCUT2D eigenvalue weighted by molar-refractivity contribution is -0.113. The van der Waals surface area contributed by atoms with Crippen LogP contribution in [-0.4, -0.2) is 60.2 Å². The highest BCUT2D eigenvalue weighted by molar-refractivity contribution is 7.99. The first-order valence-corrected chi connectivity index (χ1v) is 15.8. The second-order valence-electron chi connectivity index (χ2n) is 10.1. The molecule has 214 valence electrons. The van der Waals surface area contributed by atoms with Crippen LogP contribution in [-0.2, 0) is 19.6 Å². The Labute approximate surface area is 243 Å². The summed E-state index contributed by atoms with van der Waals surface area (Å²) in [6, 6.07) is 19.7. The van der Waals surface area contributed by atoms with E-state index < -0.39 is 15.9 Å². The van der Waals surface area contributed by atoms with E-state index in [0.29, 0.717) is 35.0 Å². The minimum atomic E-state index is -3.84. The van der Waals surface area contributed by atoms with Gasteiger partial charge in [0.1, 0.15) is 4.90 Å². The number of fused-ring (bicyclic) bond motifs is 1. The van der Waals surface area contributed by atoms with E-state index >= 15 is 0 Å². The highest BCUT2D eigenvalue weighted by Gasteiger charge is 2.29. The second kappa shape index (κ2) is 12.2. The number of sulfonamides is 1. The molecule has 0 spiro atoms. The number of anilines is 1. The smallest absolute Gasteiger partial charge is 0.266 e. The maximum Gasteiger partial charge on any atom is 0.266 e. The summed E-state index contributed by atoms with van der Waals surface area (Å²) >= 11 is 1.13. The average molecular weight is 593 g/mol. The molecule has 9 nitrogen and oxygen atoms in total. The lowest BCUT2D eigenvalue weighted by atomic mass is 10.0. The third-order valence-electron chi connectivity index (χ3n) is 6.88. The highest BCUT2D eigenvalue weighted by Crippen LogP contribution is 2.29. The molecule has 3 aromatic carbocycles. The van der Waals surface area contributed by atoms with E-state index in [1.54, 1.807) is 47.9 Å². The molecule has 0 aliphatic carbocycles. The molecular weight excluding hydrogens is 560 g/mol. The minimum absolute atomic E-state index is 0.0457. The number of amides is 1. The molecular formula is C30H32N4O5S2. The van der Waals surface area contributed by atoms with Gasteiger partial charge in [0.05, 0.1) is 41.2 Å². The zero-order chi connectivity index (χ0) is 29.1. The summed E-state index contributed by atoms with van der Waals surface area (Å²) in [5, 5.41) is 3.64. The van der Waals surface area contributed by atoms with Gasteiger partial charge in [0.2, 0.25) is 15.9 Å². The number of nitrogens with one attached hydrogen (secondary N) is 1. The van der Waals surface area contributed by atoms with Gasteiger partial charge in [-0.3, -0.25) is 14.2 Å². The molecule has 5 rings (SSSR count). The van der Waals surface area contributed by atoms with E-state index in [9.17, 15) is 18.0 Å². The number of para-hydroxylation sites is 2. The Morgan fingerprint density at radius 2 is 1.76 bits per heavy atom. The van der Waals surface area contributed by atoms with Gasteiger partial charge in [0.15, 0.2) is 5.16 Å². The zero-order valence-electron chi connectivity index (χ0n) is 23.2. The van der Waals surface area contributed by atoms with Crippen molar-refractivity contribution in [3.05, 3.63) is 88.2 Å². The summed E-state index contributed by atoms with van der Waals surface area (Å²) in [7, 11) is -3.84. The lowest BCUT2D eigenvalue weighted by Crippen LogP contribution is -2.41. The van der Waals surface area contributed by atoms with E-state index in [1.165, 1.54) is 4.31 Å². The number of benzene rings is 3. The maximum atomic E-state index is 13.7. The summed E-state index contributed by atoms with van der Waals surface area (Å²) in [6.07, 6.45) is 0. The fraction of sp³-hybridized carbons (Fsp3) is 0.300. The Morgan fingerprint density at radius 1 is 1.05 bits per heavy atom. The van der Waals surface area contributed by atoms with Gasteiger partial charge < -0.3 is 10.1 Å². The van der Waals surface area contributed by atoms with Crippen LogP contribution in [0.1, 0.15) is 30.9 Å². The largest absolute Gasteiger partial charge is 0.379 e. The first-order chi connectivity index (χ1) is 19.7. The predicted octanol–water partition coefficient (Wildman–Crippen LogP) is 4.57. The van der Waals surface area contributed by atoms with E-state index in [2.05, 4.69) is 19.2 Å². The number of rotatable bonds is 8. The van der Waals surface area contributed by atoms with Crippen molar-refractivity contribution in [2.24, 2.45) is 0 Å². The van der Waals surface area contributed by atoms with Crippen molar-refractivity contribution in [2.45, 2.75) is 36.7 Å². The first-order valence-electron chi connectivity index (χ1n) is 13.4. The van der Waals surface area contributed by atoms with E-state index in [4.69, 9.17) is 9.72 Å². The van der Waals surface area contributed by atoms with Crippen LogP contribution in [0.25, 0.3) is 16.6 Å². The Balaban J connectivity index is 1.46. The van der Waals surface area contributed by atoms with Crippen molar-refractivity contribution in [3.63, 3.8) is 0 Å². The molecule has 0 atom stereocenters. The minimum Gasteiger partial charge on any atom is -0.379 e. The number of thioether (sulfide) groups is 1. The van der Waals surface area contributed by atoms with Crippen LogP contribution < -0.4 is 10.9 Å². The van der Waals surface area contributed by atoms with E-state index in [0.717, 1.165) is 22.9 Å². The monoisotopic (exact) mass is 592 g/mol. The number of morpholine rings is 1. The van der Waals surface area contributed by atoms with Gasteiger partial charge in [-0.25, -0.2) is 13.4 Å². The molecule has 1 N–H and O–H groups in total. The van der Waals surface area contributed by atoms with Gasteiger partial charge in [-0.15, -0.1) is 0 Å². The Morgan fingerprint density at radius 3 is 2.51 bits per heavy atom. The lowest BCUT2D eigenvalue weighted by Gasteiger charge is -2.27. The Kier molecular flexibility index (Phi) is 8.60. The van der Waals surface area contributed by atoms with E-state index in [1.807, 2.05) is 30.3 Å². The van der Waals surface area contributed by atoms with Crippen molar-refractivity contribution in [1.29, 1.82) is 0 Å². The molecule has 0 unspecified atom stereocenters. The third-order valence-corrected chi connectivity index (χ3v) is 9.75. The number of carbonyl (C=O) groups excluding carboxylic acids is 1. The summed E-state index contributed by atoms with van der Waals surface area (Å²) in [5.74, 6) is -0.345. The summed E-state index contributed by atoms with van der Waals surface area (Å²) in [4.78, 5) is 31.7. The van der Waals surface area contributed by atoms with Crippen molar-refractivity contribution in [3.8, 4) is 5.69 Å². The average Bonchev–Trinajstić information content (AvgIpc) is 2.97. The van der Waals surface area contributed by atoms with Gasteiger partial charge in [0.25, 0.3) is 5.56 Å². The number of aromatic nitrogens is 2. The molecule has 1 fully saturated rings. The van der Waals surface area contributed by atoms with Gasteiger partial charge >= 0.3 is 0 Å². The Bertz CT molecular complexity index is 1760. The van der Waals surface area contributed by atoms with Gasteiger partial charge in [-0.2, -0.15) is 4.31 Å². The number of hydrogen-bond acceptors (Lipinski definition) is 7. The molecule has 1 aromatic heterocycles. The molecule has 2 heterocycles. The maximum absolute atomic E-state index is 13.7. The van der Waals surface area contributed by atoms with Gasteiger partial charge in [0, 0.05) is 13.1 Å². The molecule has 4 aromatic rings. The zero-order valence-corrected chi connectivity index (χ0v) is 24.8. The summed E-state index contributed by atoms with van der Waals surface area (Å²) in [5.41, 5.74) is 2.99. The second-order valence-corrected chi connectivity index (χ2v) is 13.0. The number of nitrogens with zero attached hydrogens (tertiary/aromatic N) is 3. The summed E-state index contributed by atoms with van der Waals surface area (Å²) in [6.45, 7) is 7.07. The standard InChI is InChI=1S/C30H32N4O5S2/c1-20(2)22-8-5-7-11-26(22)34-29(36)23-9-4-6-10-24(23)32-30(34)40-19-28(35)31-25-13-12-21(3)18-27(25)41(37,38)33-14-16-39-17-15-33/h4-13,18,20H,14-17,19H2,1-3H3,(H,31,35). The first kappa shape index (κ1) is 29.0. The molecule has 1 saturated heterocycles. The van der Waals surface area contributed by atoms with Crippen LogP contribution in [0.3, 0.4) is 0 Å². The van der Waals surface area contributed by atoms with Crippen LogP contribution in [0.4, 0.5) is 5.69 Å². The van der Waals surface area contributed by atoms with Crippen molar-refractivity contribution in [1.82, 2.24) is 13.9 Å². The molecule has 0 bridgehead atoms. The number of hydrogen-bond donors (Lipinski definition) is 1. The molecule has 0 saturated carbocycles. The van der Waals surface area contributed by atoms with Crippen molar-refractivity contribution >= 4 is 44.3 Å². The molecule has 11 heteroatoms.